The second-order valence-electron chi connectivity index (χ2n) is 7.47. The summed E-state index contributed by atoms with van der Waals surface area (Å²) < 4.78 is 33.3. The van der Waals surface area contributed by atoms with Gasteiger partial charge in [0.05, 0.1) is 37.6 Å². The number of aromatic nitrogens is 2. The lowest BCUT2D eigenvalue weighted by molar-refractivity contribution is 0.601. The first-order chi connectivity index (χ1) is 15.9. The Hall–Kier alpha value is -3.21. The van der Waals surface area contributed by atoms with Gasteiger partial charge in [-0.1, -0.05) is 53.0 Å². The fourth-order valence-electron chi connectivity index (χ4n) is 3.77. The number of rotatable bonds is 6. The molecule has 0 amide bonds. The first-order valence-corrected chi connectivity index (χ1v) is 13.3. The average Bonchev–Trinajstić information content (AvgIpc) is 3.28. The maximum atomic E-state index is 13.0. The van der Waals surface area contributed by atoms with Gasteiger partial charge in [-0.2, -0.15) is 0 Å². The second kappa shape index (κ2) is 8.29. The molecule has 0 saturated heterocycles. The Bertz CT molecular complexity index is 1710. The van der Waals surface area contributed by atoms with Crippen LogP contribution in [0.1, 0.15) is 12.5 Å². The molecule has 0 unspecified atom stereocenters. The molecule has 0 radical (unpaired) electrons. The molecule has 0 atom stereocenters. The summed E-state index contributed by atoms with van der Waals surface area (Å²) in [5, 5.41) is 0. The van der Waals surface area contributed by atoms with Crippen LogP contribution in [0.15, 0.2) is 81.2 Å². The summed E-state index contributed by atoms with van der Waals surface area (Å²) in [4.78, 5) is 24.5. The van der Waals surface area contributed by atoms with Crippen molar-refractivity contribution in [1.82, 2.24) is 9.13 Å². The summed E-state index contributed by atoms with van der Waals surface area (Å²) in [7, 11) is -3.88. The van der Waals surface area contributed by atoms with Crippen LogP contribution in [0.5, 0.6) is 0 Å². The standard InChI is InChI=1S/C23H19N3O4S3/c1-2-25-18-10-8-16(12-20(18)31-22(25)27)24-33(29,30)17-9-11-19-21(13-17)32-23(28)26(19)14-15-6-4-3-5-7-15/h3-13,24H,2,14H2,1H3. The number of sulfonamides is 1. The highest BCUT2D eigenvalue weighted by molar-refractivity contribution is 7.92. The smallest absolute Gasteiger partial charge is 0.299 e. The Morgan fingerprint density at radius 1 is 0.818 bits per heavy atom. The van der Waals surface area contributed by atoms with Gasteiger partial charge in [0.2, 0.25) is 0 Å². The van der Waals surface area contributed by atoms with E-state index < -0.39 is 10.0 Å². The lowest BCUT2D eigenvalue weighted by Gasteiger charge is -2.09. The SMILES string of the molecule is CCn1c(=O)sc2cc(NS(=O)(=O)c3ccc4c(c3)sc(=O)n4Cc3ccccc3)ccc21. The summed E-state index contributed by atoms with van der Waals surface area (Å²) in [6.45, 7) is 2.86. The van der Waals surface area contributed by atoms with E-state index in [0.29, 0.717) is 33.7 Å². The van der Waals surface area contributed by atoms with Crippen LogP contribution < -0.4 is 14.5 Å². The van der Waals surface area contributed by atoms with Crippen molar-refractivity contribution < 1.29 is 8.42 Å². The number of hydrogen-bond donors (Lipinski definition) is 1. The Morgan fingerprint density at radius 2 is 1.45 bits per heavy atom. The molecule has 168 valence electrons. The van der Waals surface area contributed by atoms with Crippen LogP contribution in [0.25, 0.3) is 20.4 Å². The molecule has 0 saturated carbocycles. The Balaban J connectivity index is 1.47. The number of anilines is 1. The van der Waals surface area contributed by atoms with Gasteiger partial charge in [0.1, 0.15) is 0 Å². The fraction of sp³-hybridized carbons (Fsp3) is 0.130. The van der Waals surface area contributed by atoms with Gasteiger partial charge in [0, 0.05) is 6.54 Å². The monoisotopic (exact) mass is 497 g/mol. The van der Waals surface area contributed by atoms with E-state index in [4.69, 9.17) is 0 Å². The summed E-state index contributed by atoms with van der Waals surface area (Å²) in [5.74, 6) is 0. The Morgan fingerprint density at radius 3 is 2.18 bits per heavy atom. The van der Waals surface area contributed by atoms with Gasteiger partial charge >= 0.3 is 9.75 Å². The minimum Gasteiger partial charge on any atom is -0.299 e. The predicted octanol–water partition coefficient (Wildman–Crippen LogP) is 4.31. The highest BCUT2D eigenvalue weighted by Crippen LogP contribution is 2.26. The third-order valence-corrected chi connectivity index (χ3v) is 8.63. The molecule has 5 rings (SSSR count). The first-order valence-electron chi connectivity index (χ1n) is 10.2. The summed E-state index contributed by atoms with van der Waals surface area (Å²) >= 11 is 2.11. The molecule has 0 spiro atoms. The maximum absolute atomic E-state index is 13.0. The van der Waals surface area contributed by atoms with Crippen molar-refractivity contribution in [2.45, 2.75) is 24.9 Å². The highest BCUT2D eigenvalue weighted by Gasteiger charge is 2.18. The van der Waals surface area contributed by atoms with Gasteiger partial charge in [-0.15, -0.1) is 0 Å². The van der Waals surface area contributed by atoms with Gasteiger partial charge < -0.3 is 0 Å². The van der Waals surface area contributed by atoms with Gasteiger partial charge in [0.15, 0.2) is 0 Å². The van der Waals surface area contributed by atoms with Crippen LogP contribution in [0.2, 0.25) is 0 Å². The molecule has 7 nitrogen and oxygen atoms in total. The third-order valence-electron chi connectivity index (χ3n) is 5.37. The van der Waals surface area contributed by atoms with Crippen molar-refractivity contribution in [2.75, 3.05) is 4.72 Å². The van der Waals surface area contributed by atoms with E-state index >= 15 is 0 Å². The van der Waals surface area contributed by atoms with Crippen molar-refractivity contribution in [3.63, 3.8) is 0 Å². The molecule has 0 aliphatic heterocycles. The minimum atomic E-state index is -3.88. The number of hydrogen-bond acceptors (Lipinski definition) is 6. The number of fused-ring (bicyclic) bond motifs is 2. The van der Waals surface area contributed by atoms with Gasteiger partial charge in [0.25, 0.3) is 10.0 Å². The number of aryl methyl sites for hydroxylation is 1. The molecule has 10 heteroatoms. The lowest BCUT2D eigenvalue weighted by atomic mass is 10.2. The molecule has 1 N–H and O–H groups in total. The molecular formula is C23H19N3O4S3. The molecular weight excluding hydrogens is 478 g/mol. The Kier molecular flexibility index (Phi) is 5.43. The van der Waals surface area contributed by atoms with Crippen molar-refractivity contribution in [3.8, 4) is 0 Å². The Labute approximate surface area is 197 Å². The third kappa shape index (κ3) is 4.01. The first kappa shape index (κ1) is 21.6. The highest BCUT2D eigenvalue weighted by atomic mass is 32.2. The van der Waals surface area contributed by atoms with E-state index in [2.05, 4.69) is 4.72 Å². The number of nitrogens with zero attached hydrogens (tertiary/aromatic N) is 2. The van der Waals surface area contributed by atoms with Crippen molar-refractivity contribution in [3.05, 3.63) is 91.6 Å². The summed E-state index contributed by atoms with van der Waals surface area (Å²) in [6, 6.07) is 19.4. The largest absolute Gasteiger partial charge is 0.308 e. The minimum absolute atomic E-state index is 0.0718. The normalized spacial score (nSPS) is 11.9. The summed E-state index contributed by atoms with van der Waals surface area (Å²) in [5.41, 5.74) is 2.84. The molecule has 0 aliphatic carbocycles. The van der Waals surface area contributed by atoms with Crippen LogP contribution >= 0.6 is 22.7 Å². The molecule has 33 heavy (non-hydrogen) atoms. The van der Waals surface area contributed by atoms with E-state index in [1.807, 2.05) is 37.3 Å². The van der Waals surface area contributed by atoms with E-state index in [9.17, 15) is 18.0 Å². The van der Waals surface area contributed by atoms with E-state index in [-0.39, 0.29) is 14.6 Å². The van der Waals surface area contributed by atoms with Gasteiger partial charge in [-0.3, -0.25) is 23.4 Å². The zero-order valence-electron chi connectivity index (χ0n) is 17.5. The predicted molar refractivity (Wildman–Crippen MR) is 134 cm³/mol. The second-order valence-corrected chi connectivity index (χ2v) is 11.1. The topological polar surface area (TPSA) is 90.2 Å². The van der Waals surface area contributed by atoms with Crippen LogP contribution in [0, 0.1) is 0 Å². The number of nitrogens with one attached hydrogen (secondary N) is 1. The molecule has 0 bridgehead atoms. The maximum Gasteiger partial charge on any atom is 0.308 e. The van der Waals surface area contributed by atoms with Gasteiger partial charge in [-0.05, 0) is 48.9 Å². The number of thiazole rings is 2. The zero-order chi connectivity index (χ0) is 23.2. The lowest BCUT2D eigenvalue weighted by Crippen LogP contribution is -2.14. The van der Waals surface area contributed by atoms with Gasteiger partial charge in [-0.25, -0.2) is 8.42 Å². The molecule has 2 aromatic heterocycles. The molecule has 0 fully saturated rings. The fourth-order valence-corrected chi connectivity index (χ4v) is 6.85. The molecule has 5 aromatic rings. The van der Waals surface area contributed by atoms with Crippen molar-refractivity contribution in [1.29, 1.82) is 0 Å². The van der Waals surface area contributed by atoms with E-state index in [0.717, 1.165) is 33.8 Å². The van der Waals surface area contributed by atoms with Crippen LogP contribution in [-0.2, 0) is 23.1 Å². The number of benzene rings is 3. The molecule has 3 aromatic carbocycles. The van der Waals surface area contributed by atoms with Crippen LogP contribution in [-0.4, -0.2) is 17.6 Å². The van der Waals surface area contributed by atoms with E-state index in [1.165, 1.54) is 12.1 Å². The van der Waals surface area contributed by atoms with Crippen LogP contribution in [0.4, 0.5) is 5.69 Å². The molecule has 0 aliphatic rings. The van der Waals surface area contributed by atoms with Crippen molar-refractivity contribution >= 4 is 58.8 Å². The average molecular weight is 498 g/mol. The molecule has 2 heterocycles. The van der Waals surface area contributed by atoms with E-state index in [1.54, 1.807) is 33.4 Å². The van der Waals surface area contributed by atoms with Crippen molar-refractivity contribution in [2.24, 2.45) is 0 Å². The zero-order valence-corrected chi connectivity index (χ0v) is 20.0. The van der Waals surface area contributed by atoms with Crippen LogP contribution in [0.3, 0.4) is 0 Å². The summed E-state index contributed by atoms with van der Waals surface area (Å²) in [6.07, 6.45) is 0. The quantitative estimate of drug-likeness (QED) is 0.379.